The van der Waals surface area contributed by atoms with Gasteiger partial charge in [0.05, 0.1) is 37.4 Å². The Hall–Kier alpha value is -1.65. The average Bonchev–Trinajstić information content (AvgIpc) is 2.49. The third-order valence-corrected chi connectivity index (χ3v) is 4.08. The van der Waals surface area contributed by atoms with Crippen molar-refractivity contribution >= 4 is 16.2 Å². The van der Waals surface area contributed by atoms with Gasteiger partial charge in [-0.3, -0.25) is 0 Å². The van der Waals surface area contributed by atoms with Crippen molar-refractivity contribution in [3.05, 3.63) is 42.0 Å². The van der Waals surface area contributed by atoms with E-state index in [1.165, 1.54) is 0 Å². The molecule has 24 heavy (non-hydrogen) atoms. The van der Waals surface area contributed by atoms with Crippen molar-refractivity contribution in [3.63, 3.8) is 0 Å². The normalized spacial score (nSPS) is 12.1. The Morgan fingerprint density at radius 2 is 1.92 bits per heavy atom. The van der Waals surface area contributed by atoms with Crippen LogP contribution < -0.4 is 0 Å². The fourth-order valence-electron chi connectivity index (χ4n) is 2.00. The van der Waals surface area contributed by atoms with Crippen molar-refractivity contribution in [1.82, 2.24) is 0 Å². The maximum Gasteiger partial charge on any atom is 0.140 e. The Kier molecular flexibility index (Phi) is 8.72. The molecule has 0 amide bonds. The van der Waals surface area contributed by atoms with E-state index in [1.54, 1.807) is 0 Å². The molecule has 0 radical (unpaired) electrons. The molecule has 5 nitrogen and oxygen atoms in total. The van der Waals surface area contributed by atoms with Crippen LogP contribution >= 0.6 is 0 Å². The molecule has 0 aliphatic carbocycles. The molecule has 0 aliphatic heterocycles. The molecule has 6 heteroatoms. The zero-order chi connectivity index (χ0) is 17.9. The molecule has 0 N–H and O–H groups in total. The summed E-state index contributed by atoms with van der Waals surface area (Å²) in [5, 5.41) is 0. The Balaban J connectivity index is 2.18. The Morgan fingerprint density at radius 1 is 1.21 bits per heavy atom. The summed E-state index contributed by atoms with van der Waals surface area (Å²) in [7, 11) is -0.219. The minimum atomic E-state index is -4.13. The van der Waals surface area contributed by atoms with Crippen LogP contribution in [0.15, 0.2) is 36.4 Å². The summed E-state index contributed by atoms with van der Waals surface area (Å²) in [6.07, 6.45) is 4.29. The van der Waals surface area contributed by atoms with Crippen LogP contribution in [0.4, 0.5) is 0 Å². The van der Waals surface area contributed by atoms with Crippen molar-refractivity contribution in [1.29, 1.82) is 0 Å². The topological polar surface area (TPSA) is 66.4 Å². The second kappa shape index (κ2) is 10.3. The maximum absolute atomic E-state index is 10.6. The lowest BCUT2D eigenvalue weighted by atomic mass is 10.2. The van der Waals surface area contributed by atoms with Gasteiger partial charge in [0.25, 0.3) is 0 Å². The highest BCUT2D eigenvalue weighted by molar-refractivity contribution is 7.85. The SMILES string of the molecule is C[N+](C)(CC#CCOCC=Cc1ccccc1)CCCS(=O)(=O)[O-]. The summed E-state index contributed by atoms with van der Waals surface area (Å²) in [5.41, 5.74) is 1.13. The summed E-state index contributed by atoms with van der Waals surface area (Å²) >= 11 is 0. The summed E-state index contributed by atoms with van der Waals surface area (Å²) in [6.45, 7) is 2.04. The third kappa shape index (κ3) is 11.0. The highest BCUT2D eigenvalue weighted by Crippen LogP contribution is 2.01. The molecule has 0 spiro atoms. The van der Waals surface area contributed by atoms with Crippen molar-refractivity contribution in [2.75, 3.05) is 46.2 Å². The van der Waals surface area contributed by atoms with Gasteiger partial charge in [-0.1, -0.05) is 48.4 Å². The lowest BCUT2D eigenvalue weighted by Crippen LogP contribution is -2.41. The van der Waals surface area contributed by atoms with Gasteiger partial charge < -0.3 is 13.8 Å². The van der Waals surface area contributed by atoms with Crippen molar-refractivity contribution in [2.45, 2.75) is 6.42 Å². The first-order valence-corrected chi connectivity index (χ1v) is 9.37. The molecule has 1 aromatic carbocycles. The largest absolute Gasteiger partial charge is 0.748 e. The zero-order valence-electron chi connectivity index (χ0n) is 14.3. The predicted octanol–water partition coefficient (Wildman–Crippen LogP) is 1.73. The summed E-state index contributed by atoms with van der Waals surface area (Å²) in [6, 6.07) is 9.99. The minimum absolute atomic E-state index is 0.320. The summed E-state index contributed by atoms with van der Waals surface area (Å²) < 4.78 is 37.7. The minimum Gasteiger partial charge on any atom is -0.748 e. The van der Waals surface area contributed by atoms with Crippen LogP contribution in [0.2, 0.25) is 0 Å². The van der Waals surface area contributed by atoms with Gasteiger partial charge >= 0.3 is 0 Å². The Labute approximate surface area is 145 Å². The van der Waals surface area contributed by atoms with E-state index in [0.717, 1.165) is 5.56 Å². The average molecular weight is 351 g/mol. The standard InChI is InChI=1S/C18H25NO4S/c1-19(2,14-9-17-24(20,21)22)13-6-7-15-23-16-8-12-18-10-4-3-5-11-18/h3-5,8,10-12H,9,13-17H2,1-2H3. The lowest BCUT2D eigenvalue weighted by Gasteiger charge is -2.27. The molecular formula is C18H25NO4S. The van der Waals surface area contributed by atoms with Gasteiger partial charge in [-0.25, -0.2) is 8.42 Å². The second-order valence-electron chi connectivity index (χ2n) is 6.11. The Morgan fingerprint density at radius 3 is 2.58 bits per heavy atom. The van der Waals surface area contributed by atoms with Gasteiger partial charge in [0, 0.05) is 12.2 Å². The van der Waals surface area contributed by atoms with Crippen molar-refractivity contribution in [3.8, 4) is 11.8 Å². The van der Waals surface area contributed by atoms with Crippen LogP contribution in [0.3, 0.4) is 0 Å². The second-order valence-corrected chi connectivity index (χ2v) is 7.64. The first-order valence-electron chi connectivity index (χ1n) is 7.79. The number of nitrogens with zero attached hydrogens (tertiary/aromatic N) is 1. The maximum atomic E-state index is 10.6. The molecule has 0 aliphatic rings. The van der Waals surface area contributed by atoms with Gasteiger partial charge in [0.1, 0.15) is 13.2 Å². The molecule has 0 fully saturated rings. The van der Waals surface area contributed by atoms with Crippen LogP contribution in [-0.4, -0.2) is 63.6 Å². The van der Waals surface area contributed by atoms with E-state index < -0.39 is 10.1 Å². The Bertz CT molecular complexity index is 670. The molecule has 132 valence electrons. The van der Waals surface area contributed by atoms with Gasteiger partial charge in [0.15, 0.2) is 0 Å². The summed E-state index contributed by atoms with van der Waals surface area (Å²) in [5.74, 6) is 5.65. The van der Waals surface area contributed by atoms with E-state index in [2.05, 4.69) is 11.8 Å². The first-order chi connectivity index (χ1) is 11.3. The smallest absolute Gasteiger partial charge is 0.140 e. The predicted molar refractivity (Wildman–Crippen MR) is 95.1 cm³/mol. The van der Waals surface area contributed by atoms with Gasteiger partial charge in [-0.05, 0) is 11.5 Å². The zero-order valence-corrected chi connectivity index (χ0v) is 15.1. The molecular weight excluding hydrogens is 326 g/mol. The number of hydrogen-bond acceptors (Lipinski definition) is 4. The van der Waals surface area contributed by atoms with E-state index in [-0.39, 0.29) is 5.75 Å². The molecule has 0 aromatic heterocycles. The summed E-state index contributed by atoms with van der Waals surface area (Å²) in [4.78, 5) is 0. The number of rotatable bonds is 9. The van der Waals surface area contributed by atoms with Crippen LogP contribution in [0.1, 0.15) is 12.0 Å². The number of benzene rings is 1. The van der Waals surface area contributed by atoms with Crippen LogP contribution in [0.25, 0.3) is 6.08 Å². The van der Waals surface area contributed by atoms with E-state index in [9.17, 15) is 13.0 Å². The molecule has 0 atom stereocenters. The third-order valence-electron chi connectivity index (χ3n) is 3.29. The number of quaternary nitrogens is 1. The molecule has 0 bridgehead atoms. The molecule has 1 aromatic rings. The van der Waals surface area contributed by atoms with Crippen molar-refractivity contribution in [2.24, 2.45) is 0 Å². The first kappa shape index (κ1) is 20.4. The van der Waals surface area contributed by atoms with Crippen LogP contribution in [0, 0.1) is 11.8 Å². The van der Waals surface area contributed by atoms with Gasteiger partial charge in [0.2, 0.25) is 0 Å². The number of ether oxygens (including phenoxy) is 1. The van der Waals surface area contributed by atoms with Gasteiger partial charge in [-0.15, -0.1) is 0 Å². The van der Waals surface area contributed by atoms with E-state index in [1.807, 2.05) is 56.6 Å². The fraction of sp³-hybridized carbons (Fsp3) is 0.444. The molecule has 0 heterocycles. The van der Waals surface area contributed by atoms with Crippen LogP contribution in [-0.2, 0) is 14.9 Å². The molecule has 0 saturated carbocycles. The van der Waals surface area contributed by atoms with Crippen LogP contribution in [0.5, 0.6) is 0 Å². The lowest BCUT2D eigenvalue weighted by molar-refractivity contribution is -0.883. The monoisotopic (exact) mass is 351 g/mol. The molecule has 0 unspecified atom stereocenters. The number of hydrogen-bond donors (Lipinski definition) is 0. The quantitative estimate of drug-likeness (QED) is 0.294. The van der Waals surface area contributed by atoms with E-state index >= 15 is 0 Å². The van der Waals surface area contributed by atoms with E-state index in [0.29, 0.717) is 37.2 Å². The van der Waals surface area contributed by atoms with Gasteiger partial charge in [-0.2, -0.15) is 0 Å². The molecule has 1 rings (SSSR count). The highest BCUT2D eigenvalue weighted by Gasteiger charge is 2.13. The van der Waals surface area contributed by atoms with E-state index in [4.69, 9.17) is 4.74 Å². The fourth-order valence-corrected chi connectivity index (χ4v) is 2.48. The highest BCUT2D eigenvalue weighted by atomic mass is 32.2. The molecule has 0 saturated heterocycles. The van der Waals surface area contributed by atoms with Crippen molar-refractivity contribution < 1.29 is 22.2 Å².